The number of ether oxygens (including phenoxy) is 1. The first-order chi connectivity index (χ1) is 15.4. The van der Waals surface area contributed by atoms with Gasteiger partial charge in [-0.25, -0.2) is 4.79 Å². The van der Waals surface area contributed by atoms with Crippen molar-refractivity contribution in [2.45, 2.75) is 6.92 Å². The number of nitrogens with zero attached hydrogens (tertiary/aromatic N) is 4. The molecule has 0 aliphatic heterocycles. The van der Waals surface area contributed by atoms with Crippen molar-refractivity contribution in [1.82, 2.24) is 23.5 Å². The van der Waals surface area contributed by atoms with Gasteiger partial charge in [0.25, 0.3) is 5.56 Å². The lowest BCUT2D eigenvalue weighted by atomic mass is 10.1. The van der Waals surface area contributed by atoms with Gasteiger partial charge >= 0.3 is 5.69 Å². The fraction of sp³-hybridized carbons (Fsp3) is 0.130. The highest BCUT2D eigenvalue weighted by Crippen LogP contribution is 2.36. The highest BCUT2D eigenvalue weighted by atomic mass is 16.5. The number of imidazole rings is 2. The van der Waals surface area contributed by atoms with Crippen LogP contribution in [0, 0.1) is 0 Å². The molecule has 0 saturated carbocycles. The van der Waals surface area contributed by atoms with Crippen LogP contribution in [-0.4, -0.2) is 36.4 Å². The van der Waals surface area contributed by atoms with E-state index >= 15 is 0 Å². The number of para-hydroxylation sites is 2. The van der Waals surface area contributed by atoms with Gasteiger partial charge < -0.3 is 4.74 Å². The van der Waals surface area contributed by atoms with E-state index in [1.807, 2.05) is 48.5 Å². The number of carbonyl (C=O) groups excluding carboxylic acids is 1. The minimum absolute atomic E-state index is 0.123. The zero-order valence-electron chi connectivity index (χ0n) is 17.6. The number of aromatic amines is 1. The molecule has 9 nitrogen and oxygen atoms in total. The van der Waals surface area contributed by atoms with Crippen molar-refractivity contribution in [1.29, 1.82) is 0 Å². The van der Waals surface area contributed by atoms with Gasteiger partial charge in [-0.3, -0.25) is 28.1 Å². The number of benzene rings is 2. The normalized spacial score (nSPS) is 11.3. The van der Waals surface area contributed by atoms with Crippen LogP contribution in [-0.2, 0) is 7.05 Å². The summed E-state index contributed by atoms with van der Waals surface area (Å²) in [5, 5.41) is 0. The molecular weight excluding hydrogens is 410 g/mol. The van der Waals surface area contributed by atoms with E-state index < -0.39 is 11.2 Å². The van der Waals surface area contributed by atoms with Crippen LogP contribution < -0.4 is 16.0 Å². The highest BCUT2D eigenvalue weighted by molar-refractivity contribution is 6.02. The number of H-pyrrole nitrogens is 1. The number of hydrogen-bond acceptors (Lipinski definition) is 5. The third kappa shape index (κ3) is 2.64. The Hall–Kier alpha value is -4.40. The number of methoxy groups -OCH3 is 1. The first-order valence-corrected chi connectivity index (χ1v) is 9.90. The summed E-state index contributed by atoms with van der Waals surface area (Å²) in [5.74, 6) is 0.627. The number of aryl methyl sites for hydroxylation is 1. The molecule has 0 aliphatic carbocycles. The Morgan fingerprint density at radius 2 is 1.72 bits per heavy atom. The molecule has 1 N–H and O–H groups in total. The summed E-state index contributed by atoms with van der Waals surface area (Å²) in [5.41, 5.74) is 1.36. The second-order valence-corrected chi connectivity index (χ2v) is 7.36. The summed E-state index contributed by atoms with van der Waals surface area (Å²) in [4.78, 5) is 44.9. The summed E-state index contributed by atoms with van der Waals surface area (Å²) in [6.07, 6.45) is 0. The van der Waals surface area contributed by atoms with Crippen molar-refractivity contribution < 1.29 is 9.53 Å². The van der Waals surface area contributed by atoms with Crippen molar-refractivity contribution >= 4 is 22.7 Å². The zero-order chi connectivity index (χ0) is 22.6. The molecule has 0 fully saturated rings. The minimum atomic E-state index is -0.616. The lowest BCUT2D eigenvalue weighted by Gasteiger charge is -2.13. The van der Waals surface area contributed by atoms with Crippen LogP contribution in [0.4, 0.5) is 0 Å². The lowest BCUT2D eigenvalue weighted by molar-refractivity contribution is 0.101. The Kier molecular flexibility index (Phi) is 4.33. The molecule has 5 rings (SSSR count). The number of Topliss-reactive ketones (excluding diaryl/α,β-unsaturated/α-hetero) is 1. The van der Waals surface area contributed by atoms with Crippen LogP contribution >= 0.6 is 0 Å². The fourth-order valence-electron chi connectivity index (χ4n) is 4.07. The maximum Gasteiger partial charge on any atom is 0.329 e. The van der Waals surface area contributed by atoms with Crippen LogP contribution in [0.25, 0.3) is 33.9 Å². The Morgan fingerprint density at radius 1 is 1.03 bits per heavy atom. The number of ketones is 1. The van der Waals surface area contributed by atoms with Gasteiger partial charge in [0, 0.05) is 19.5 Å². The van der Waals surface area contributed by atoms with Crippen molar-refractivity contribution in [2.24, 2.45) is 7.05 Å². The average Bonchev–Trinajstić information content (AvgIpc) is 3.33. The standard InChI is InChI=1S/C23H19N5O4/c1-13(29)17-18(14-9-5-4-6-10-14)27(15-11-7-8-12-16(15)32-3)22-24-20-19(28(17)22)21(30)25-23(31)26(20)2/h4-12H,1-3H3,(H,25,30,31). The monoisotopic (exact) mass is 429 g/mol. The molecule has 3 aromatic heterocycles. The largest absolute Gasteiger partial charge is 0.495 e. The predicted molar refractivity (Wildman–Crippen MR) is 120 cm³/mol. The Balaban J connectivity index is 2.10. The molecule has 0 aliphatic rings. The van der Waals surface area contributed by atoms with Gasteiger partial charge in [0.2, 0.25) is 5.78 Å². The van der Waals surface area contributed by atoms with E-state index in [1.165, 1.54) is 22.9 Å². The minimum Gasteiger partial charge on any atom is -0.495 e. The maximum absolute atomic E-state index is 13.0. The fourth-order valence-corrected chi connectivity index (χ4v) is 4.07. The number of carbonyl (C=O) groups is 1. The molecule has 32 heavy (non-hydrogen) atoms. The Morgan fingerprint density at radius 3 is 2.41 bits per heavy atom. The second-order valence-electron chi connectivity index (χ2n) is 7.36. The summed E-state index contributed by atoms with van der Waals surface area (Å²) in [6.45, 7) is 1.44. The van der Waals surface area contributed by atoms with Crippen LogP contribution in [0.2, 0.25) is 0 Å². The quantitative estimate of drug-likeness (QED) is 0.442. The van der Waals surface area contributed by atoms with E-state index in [0.29, 0.717) is 22.9 Å². The molecule has 0 amide bonds. The summed E-state index contributed by atoms with van der Waals surface area (Å²) < 4.78 is 10.1. The van der Waals surface area contributed by atoms with Crippen LogP contribution in [0.3, 0.4) is 0 Å². The van der Waals surface area contributed by atoms with Gasteiger partial charge in [0.15, 0.2) is 16.9 Å². The number of aromatic nitrogens is 5. The molecule has 0 unspecified atom stereocenters. The molecule has 160 valence electrons. The third-order valence-electron chi connectivity index (χ3n) is 5.48. The van der Waals surface area contributed by atoms with Gasteiger partial charge in [-0.1, -0.05) is 42.5 Å². The lowest BCUT2D eigenvalue weighted by Crippen LogP contribution is -2.29. The molecule has 5 aromatic rings. The van der Waals surface area contributed by atoms with Crippen LogP contribution in [0.1, 0.15) is 17.4 Å². The third-order valence-corrected chi connectivity index (χ3v) is 5.48. The first kappa shape index (κ1) is 19.6. The van der Waals surface area contributed by atoms with E-state index in [4.69, 9.17) is 4.74 Å². The molecule has 0 bridgehead atoms. The van der Waals surface area contributed by atoms with E-state index in [0.717, 1.165) is 5.56 Å². The SMILES string of the molecule is COc1ccccc1-n1c(-c2ccccc2)c(C(C)=O)n2c3c(=O)[nH]c(=O)n(C)c3nc12. The number of fused-ring (bicyclic) bond motifs is 3. The van der Waals surface area contributed by atoms with E-state index in [1.54, 1.807) is 17.7 Å². The number of rotatable bonds is 4. The van der Waals surface area contributed by atoms with Crippen molar-refractivity contribution in [3.05, 3.63) is 81.1 Å². The molecule has 3 heterocycles. The van der Waals surface area contributed by atoms with Gasteiger partial charge in [0.1, 0.15) is 11.4 Å². The zero-order valence-corrected chi connectivity index (χ0v) is 17.6. The molecule has 0 atom stereocenters. The summed E-state index contributed by atoms with van der Waals surface area (Å²) >= 11 is 0. The first-order valence-electron chi connectivity index (χ1n) is 9.90. The van der Waals surface area contributed by atoms with E-state index in [-0.39, 0.29) is 22.6 Å². The van der Waals surface area contributed by atoms with Gasteiger partial charge in [-0.15, -0.1) is 0 Å². The highest BCUT2D eigenvalue weighted by Gasteiger charge is 2.29. The molecule has 0 saturated heterocycles. The summed E-state index contributed by atoms with van der Waals surface area (Å²) in [6, 6.07) is 16.7. The average molecular weight is 429 g/mol. The van der Waals surface area contributed by atoms with Crippen LogP contribution in [0.5, 0.6) is 5.75 Å². The van der Waals surface area contributed by atoms with Crippen LogP contribution in [0.15, 0.2) is 64.2 Å². The smallest absolute Gasteiger partial charge is 0.329 e. The number of nitrogens with one attached hydrogen (secondary N) is 1. The molecule has 0 spiro atoms. The van der Waals surface area contributed by atoms with Crippen molar-refractivity contribution in [3.63, 3.8) is 0 Å². The second kappa shape index (κ2) is 7.09. The molecule has 9 heteroatoms. The van der Waals surface area contributed by atoms with Crippen molar-refractivity contribution in [2.75, 3.05) is 7.11 Å². The topological polar surface area (TPSA) is 103 Å². The van der Waals surface area contributed by atoms with Crippen molar-refractivity contribution in [3.8, 4) is 22.7 Å². The van der Waals surface area contributed by atoms with E-state index in [2.05, 4.69) is 9.97 Å². The Bertz CT molecular complexity index is 1640. The van der Waals surface area contributed by atoms with Gasteiger partial charge in [-0.05, 0) is 12.1 Å². The number of hydrogen-bond donors (Lipinski definition) is 1. The molecule has 0 radical (unpaired) electrons. The van der Waals surface area contributed by atoms with Gasteiger partial charge in [-0.2, -0.15) is 4.98 Å². The summed E-state index contributed by atoms with van der Waals surface area (Å²) in [7, 11) is 3.08. The maximum atomic E-state index is 13.0. The Labute approximate surface area is 181 Å². The van der Waals surface area contributed by atoms with Gasteiger partial charge in [0.05, 0.1) is 18.5 Å². The van der Waals surface area contributed by atoms with E-state index in [9.17, 15) is 14.4 Å². The molecule has 2 aromatic carbocycles. The molecular formula is C23H19N5O4. The predicted octanol–water partition coefficient (Wildman–Crippen LogP) is 2.54.